The van der Waals surface area contributed by atoms with Crippen molar-refractivity contribution < 1.29 is 0 Å². The zero-order valence-electron chi connectivity index (χ0n) is 13.3. The summed E-state index contributed by atoms with van der Waals surface area (Å²) in [6, 6.07) is 1.33. The Kier molecular flexibility index (Phi) is 6.09. The van der Waals surface area contributed by atoms with E-state index in [4.69, 9.17) is 0 Å². The van der Waals surface area contributed by atoms with Gasteiger partial charge in [-0.25, -0.2) is 0 Å². The second-order valence-electron chi connectivity index (χ2n) is 6.98. The number of nitrogens with one attached hydrogen (secondary N) is 1. The summed E-state index contributed by atoms with van der Waals surface area (Å²) in [7, 11) is 2.26. The molecule has 0 aromatic rings. The molecule has 0 spiro atoms. The summed E-state index contributed by atoms with van der Waals surface area (Å²) in [5.74, 6) is 0. The predicted octanol–water partition coefficient (Wildman–Crippen LogP) is 2.04. The van der Waals surface area contributed by atoms with Crippen LogP contribution in [0.2, 0.25) is 0 Å². The van der Waals surface area contributed by atoms with Crippen molar-refractivity contribution >= 4 is 0 Å². The molecule has 1 atom stereocenters. The Morgan fingerprint density at radius 2 is 1.94 bits per heavy atom. The molecule has 108 valence electrons. The molecule has 3 nitrogen and oxygen atoms in total. The molecule has 1 aliphatic heterocycles. The van der Waals surface area contributed by atoms with E-state index in [1.165, 1.54) is 32.6 Å². The zero-order chi connectivity index (χ0) is 13.8. The fourth-order valence-corrected chi connectivity index (χ4v) is 2.74. The molecule has 1 rings (SSSR count). The first-order chi connectivity index (χ1) is 8.34. The molecule has 1 aliphatic rings. The van der Waals surface area contributed by atoms with E-state index in [-0.39, 0.29) is 0 Å². The maximum atomic E-state index is 3.57. The van der Waals surface area contributed by atoms with Crippen molar-refractivity contribution in [3.8, 4) is 0 Å². The van der Waals surface area contributed by atoms with Crippen molar-refractivity contribution in [2.24, 2.45) is 5.41 Å². The SMILES string of the molecule is CCC1CN(CC(C)(C)CNC(C)C)CCN1C. The molecule has 0 aromatic heterocycles. The molecule has 0 bridgehead atoms. The van der Waals surface area contributed by atoms with Gasteiger partial charge in [-0.3, -0.25) is 4.90 Å². The Balaban J connectivity index is 2.41. The van der Waals surface area contributed by atoms with Crippen molar-refractivity contribution in [2.45, 2.75) is 53.1 Å². The fourth-order valence-electron chi connectivity index (χ4n) is 2.74. The van der Waals surface area contributed by atoms with Crippen LogP contribution >= 0.6 is 0 Å². The van der Waals surface area contributed by atoms with Gasteiger partial charge in [0.2, 0.25) is 0 Å². The van der Waals surface area contributed by atoms with Crippen LogP contribution in [0.4, 0.5) is 0 Å². The first-order valence-electron chi connectivity index (χ1n) is 7.50. The number of hydrogen-bond acceptors (Lipinski definition) is 3. The van der Waals surface area contributed by atoms with E-state index in [0.717, 1.165) is 12.6 Å². The molecule has 0 radical (unpaired) electrons. The molecule has 1 heterocycles. The highest BCUT2D eigenvalue weighted by Gasteiger charge is 2.27. The standard InChI is InChI=1S/C15H33N3/c1-7-14-10-18(9-8-17(14)6)12-15(4,5)11-16-13(2)3/h13-14,16H,7-12H2,1-6H3. The Bertz CT molecular complexity index is 238. The number of nitrogens with zero attached hydrogens (tertiary/aromatic N) is 2. The van der Waals surface area contributed by atoms with Gasteiger partial charge in [0.1, 0.15) is 0 Å². The minimum atomic E-state index is 0.360. The first kappa shape index (κ1) is 15.9. The number of piperazine rings is 1. The zero-order valence-corrected chi connectivity index (χ0v) is 13.3. The van der Waals surface area contributed by atoms with Gasteiger partial charge in [-0.15, -0.1) is 0 Å². The third kappa shape index (κ3) is 5.25. The molecular weight excluding hydrogens is 222 g/mol. The lowest BCUT2D eigenvalue weighted by Crippen LogP contribution is -2.54. The average molecular weight is 255 g/mol. The van der Waals surface area contributed by atoms with Gasteiger partial charge in [0.25, 0.3) is 0 Å². The van der Waals surface area contributed by atoms with Crippen molar-refractivity contribution in [3.05, 3.63) is 0 Å². The molecule has 0 saturated carbocycles. The van der Waals surface area contributed by atoms with Crippen LogP contribution in [-0.2, 0) is 0 Å². The lowest BCUT2D eigenvalue weighted by atomic mass is 9.91. The molecule has 0 amide bonds. The van der Waals surface area contributed by atoms with Crippen LogP contribution in [0.3, 0.4) is 0 Å². The summed E-state index contributed by atoms with van der Waals surface area (Å²) < 4.78 is 0. The first-order valence-corrected chi connectivity index (χ1v) is 7.50. The van der Waals surface area contributed by atoms with Gasteiger partial charge in [0, 0.05) is 44.8 Å². The van der Waals surface area contributed by atoms with E-state index < -0.39 is 0 Å². The van der Waals surface area contributed by atoms with Crippen LogP contribution in [0.5, 0.6) is 0 Å². The second-order valence-corrected chi connectivity index (χ2v) is 6.98. The van der Waals surface area contributed by atoms with Gasteiger partial charge in [-0.1, -0.05) is 34.6 Å². The number of hydrogen-bond donors (Lipinski definition) is 1. The number of likely N-dealkylation sites (N-methyl/N-ethyl adjacent to an activating group) is 1. The fraction of sp³-hybridized carbons (Fsp3) is 1.00. The highest BCUT2D eigenvalue weighted by Crippen LogP contribution is 2.19. The summed E-state index contributed by atoms with van der Waals surface area (Å²) in [6.07, 6.45) is 1.26. The summed E-state index contributed by atoms with van der Waals surface area (Å²) in [6.45, 7) is 17.5. The maximum absolute atomic E-state index is 3.57. The molecule has 3 heteroatoms. The van der Waals surface area contributed by atoms with Crippen LogP contribution in [0.25, 0.3) is 0 Å². The van der Waals surface area contributed by atoms with Crippen LogP contribution in [0.1, 0.15) is 41.0 Å². The summed E-state index contributed by atoms with van der Waals surface area (Å²) in [4.78, 5) is 5.16. The predicted molar refractivity (Wildman–Crippen MR) is 80.1 cm³/mol. The topological polar surface area (TPSA) is 18.5 Å². The van der Waals surface area contributed by atoms with E-state index in [0.29, 0.717) is 11.5 Å². The summed E-state index contributed by atoms with van der Waals surface area (Å²) in [5, 5.41) is 3.57. The van der Waals surface area contributed by atoms with E-state index in [1.807, 2.05) is 0 Å². The van der Waals surface area contributed by atoms with E-state index >= 15 is 0 Å². The summed E-state index contributed by atoms with van der Waals surface area (Å²) >= 11 is 0. The molecular formula is C15H33N3. The molecule has 1 saturated heterocycles. The average Bonchev–Trinajstić information content (AvgIpc) is 2.29. The molecule has 0 aromatic carbocycles. The van der Waals surface area contributed by atoms with E-state index in [2.05, 4.69) is 56.8 Å². The van der Waals surface area contributed by atoms with Gasteiger partial charge in [-0.2, -0.15) is 0 Å². The Hall–Kier alpha value is -0.120. The van der Waals surface area contributed by atoms with E-state index in [9.17, 15) is 0 Å². The van der Waals surface area contributed by atoms with Crippen LogP contribution in [0, 0.1) is 5.41 Å². The molecule has 18 heavy (non-hydrogen) atoms. The van der Waals surface area contributed by atoms with Crippen molar-refractivity contribution in [2.75, 3.05) is 39.8 Å². The van der Waals surface area contributed by atoms with Gasteiger partial charge >= 0.3 is 0 Å². The van der Waals surface area contributed by atoms with Crippen molar-refractivity contribution in [1.29, 1.82) is 0 Å². The Morgan fingerprint density at radius 1 is 1.28 bits per heavy atom. The smallest absolute Gasteiger partial charge is 0.0218 e. The Morgan fingerprint density at radius 3 is 2.50 bits per heavy atom. The van der Waals surface area contributed by atoms with Gasteiger partial charge in [0.05, 0.1) is 0 Å². The summed E-state index contributed by atoms with van der Waals surface area (Å²) in [5.41, 5.74) is 0.360. The number of rotatable bonds is 6. The monoisotopic (exact) mass is 255 g/mol. The third-order valence-electron chi connectivity index (χ3n) is 3.97. The van der Waals surface area contributed by atoms with Crippen LogP contribution in [-0.4, -0.2) is 61.7 Å². The maximum Gasteiger partial charge on any atom is 0.0218 e. The highest BCUT2D eigenvalue weighted by atomic mass is 15.3. The normalized spacial score (nSPS) is 23.8. The third-order valence-corrected chi connectivity index (χ3v) is 3.97. The molecule has 0 aliphatic carbocycles. The minimum Gasteiger partial charge on any atom is -0.314 e. The molecule has 1 fully saturated rings. The van der Waals surface area contributed by atoms with Gasteiger partial charge in [-0.05, 0) is 18.9 Å². The lowest BCUT2D eigenvalue weighted by Gasteiger charge is -2.42. The van der Waals surface area contributed by atoms with E-state index in [1.54, 1.807) is 0 Å². The van der Waals surface area contributed by atoms with Gasteiger partial charge in [0.15, 0.2) is 0 Å². The largest absolute Gasteiger partial charge is 0.314 e. The minimum absolute atomic E-state index is 0.360. The lowest BCUT2D eigenvalue weighted by molar-refractivity contribution is 0.0652. The van der Waals surface area contributed by atoms with Crippen LogP contribution in [0.15, 0.2) is 0 Å². The molecule has 1 unspecified atom stereocenters. The molecule has 1 N–H and O–H groups in total. The quantitative estimate of drug-likeness (QED) is 0.783. The van der Waals surface area contributed by atoms with Crippen molar-refractivity contribution in [3.63, 3.8) is 0 Å². The highest BCUT2D eigenvalue weighted by molar-refractivity contribution is 4.84. The second kappa shape index (κ2) is 6.88. The van der Waals surface area contributed by atoms with Crippen LogP contribution < -0.4 is 5.32 Å². The van der Waals surface area contributed by atoms with Crippen molar-refractivity contribution in [1.82, 2.24) is 15.1 Å². The van der Waals surface area contributed by atoms with Gasteiger partial charge < -0.3 is 10.2 Å². The Labute approximate surface area is 114 Å².